The monoisotopic (exact) mass is 333 g/mol. The number of halogens is 6. The van der Waals surface area contributed by atoms with Gasteiger partial charge >= 0.3 is 12.4 Å². The highest BCUT2D eigenvalue weighted by Gasteiger charge is 2.32. The molecule has 0 atom stereocenters. The van der Waals surface area contributed by atoms with Gasteiger partial charge in [0.1, 0.15) is 0 Å². The van der Waals surface area contributed by atoms with Gasteiger partial charge in [0.15, 0.2) is 5.75 Å². The van der Waals surface area contributed by atoms with E-state index in [2.05, 4.69) is 5.16 Å². The maximum atomic E-state index is 12.8. The van der Waals surface area contributed by atoms with Crippen molar-refractivity contribution in [1.82, 2.24) is 0 Å². The normalized spacial score (nSPS) is 12.6. The van der Waals surface area contributed by atoms with Crippen LogP contribution in [0.15, 0.2) is 53.7 Å². The molecule has 0 saturated carbocycles. The second kappa shape index (κ2) is 6.31. The molecule has 0 unspecified atom stereocenters. The summed E-state index contributed by atoms with van der Waals surface area (Å²) in [5.74, 6) is -0.236. The van der Waals surface area contributed by atoms with Gasteiger partial charge in [-0.25, -0.2) is 0 Å². The van der Waals surface area contributed by atoms with E-state index in [1.165, 1.54) is 24.3 Å². The number of alkyl halides is 6. The van der Waals surface area contributed by atoms with Crippen molar-refractivity contribution in [1.29, 1.82) is 0 Å². The fourth-order valence-electron chi connectivity index (χ4n) is 1.74. The summed E-state index contributed by atoms with van der Waals surface area (Å²) < 4.78 is 75.8. The highest BCUT2D eigenvalue weighted by atomic mass is 19.4. The van der Waals surface area contributed by atoms with Gasteiger partial charge in [-0.15, -0.1) is 0 Å². The van der Waals surface area contributed by atoms with Crippen molar-refractivity contribution in [3.8, 4) is 5.75 Å². The Balaban J connectivity index is 2.18. The van der Waals surface area contributed by atoms with E-state index in [1.807, 2.05) is 0 Å². The molecule has 0 N–H and O–H groups in total. The largest absolute Gasteiger partial charge is 0.417 e. The molecule has 0 aliphatic heterocycles. The zero-order valence-electron chi connectivity index (χ0n) is 11.3. The van der Waals surface area contributed by atoms with Crippen molar-refractivity contribution in [3.05, 3.63) is 65.2 Å². The van der Waals surface area contributed by atoms with Gasteiger partial charge in [0.25, 0.3) is 0 Å². The summed E-state index contributed by atoms with van der Waals surface area (Å²) in [6.45, 7) is 0. The molecule has 0 heterocycles. The van der Waals surface area contributed by atoms with E-state index < -0.39 is 23.5 Å². The van der Waals surface area contributed by atoms with E-state index in [4.69, 9.17) is 4.84 Å². The zero-order chi connectivity index (χ0) is 17.1. The fourth-order valence-corrected chi connectivity index (χ4v) is 1.74. The van der Waals surface area contributed by atoms with E-state index in [0.717, 1.165) is 24.4 Å². The average molecular weight is 333 g/mol. The number of benzene rings is 2. The Bertz CT molecular complexity index is 706. The second-order valence-electron chi connectivity index (χ2n) is 4.44. The van der Waals surface area contributed by atoms with E-state index in [1.54, 1.807) is 0 Å². The van der Waals surface area contributed by atoms with Crippen LogP contribution in [0.25, 0.3) is 0 Å². The summed E-state index contributed by atoms with van der Waals surface area (Å²) in [6, 6.07) is 8.49. The first kappa shape index (κ1) is 16.9. The van der Waals surface area contributed by atoms with Crippen molar-refractivity contribution < 1.29 is 31.2 Å². The number of hydrogen-bond acceptors (Lipinski definition) is 2. The molecule has 0 radical (unpaired) electrons. The summed E-state index contributed by atoms with van der Waals surface area (Å²) in [6.07, 6.45) is -8.33. The Kier molecular flexibility index (Phi) is 4.63. The number of hydrogen-bond donors (Lipinski definition) is 0. The highest BCUT2D eigenvalue weighted by molar-refractivity contribution is 5.81. The molecule has 2 aromatic rings. The Morgan fingerprint density at radius 3 is 2.17 bits per heavy atom. The van der Waals surface area contributed by atoms with Gasteiger partial charge < -0.3 is 4.84 Å². The zero-order valence-corrected chi connectivity index (χ0v) is 11.3. The molecule has 0 saturated heterocycles. The molecule has 23 heavy (non-hydrogen) atoms. The van der Waals surface area contributed by atoms with E-state index >= 15 is 0 Å². The molecule has 8 heteroatoms. The van der Waals surface area contributed by atoms with Crippen LogP contribution < -0.4 is 4.84 Å². The average Bonchev–Trinajstić information content (AvgIpc) is 2.46. The predicted molar refractivity (Wildman–Crippen MR) is 71.1 cm³/mol. The summed E-state index contributed by atoms with van der Waals surface area (Å²) in [5.41, 5.74) is -2.12. The van der Waals surface area contributed by atoms with E-state index in [9.17, 15) is 26.3 Å². The molecule has 122 valence electrons. The molecule has 0 fully saturated rings. The van der Waals surface area contributed by atoms with Gasteiger partial charge in [0.05, 0.1) is 17.3 Å². The number of nitrogens with zero attached hydrogens (tertiary/aromatic N) is 1. The van der Waals surface area contributed by atoms with Gasteiger partial charge in [-0.05, 0) is 24.3 Å². The SMILES string of the molecule is FC(F)(F)c1cccc(O/N=C/c2ccccc2C(F)(F)F)c1. The molecule has 0 amide bonds. The minimum absolute atomic E-state index is 0.236. The smallest absolute Gasteiger partial charge is 0.357 e. The van der Waals surface area contributed by atoms with Crippen molar-refractivity contribution in [3.63, 3.8) is 0 Å². The van der Waals surface area contributed by atoms with Crippen LogP contribution in [0.3, 0.4) is 0 Å². The molecule has 0 aliphatic carbocycles. The second-order valence-corrected chi connectivity index (χ2v) is 4.44. The maximum absolute atomic E-state index is 12.8. The summed E-state index contributed by atoms with van der Waals surface area (Å²) in [5, 5.41) is 3.32. The Morgan fingerprint density at radius 1 is 0.826 bits per heavy atom. The first-order chi connectivity index (χ1) is 10.7. The molecule has 0 bridgehead atoms. The van der Waals surface area contributed by atoms with Gasteiger partial charge in [-0.1, -0.05) is 29.4 Å². The number of rotatable bonds is 3. The topological polar surface area (TPSA) is 21.6 Å². The Labute approximate surface area is 127 Å². The third-order valence-electron chi connectivity index (χ3n) is 2.78. The summed E-state index contributed by atoms with van der Waals surface area (Å²) >= 11 is 0. The lowest BCUT2D eigenvalue weighted by molar-refractivity contribution is -0.138. The fraction of sp³-hybridized carbons (Fsp3) is 0.133. The van der Waals surface area contributed by atoms with Gasteiger partial charge in [0.2, 0.25) is 0 Å². The lowest BCUT2D eigenvalue weighted by Crippen LogP contribution is -2.08. The van der Waals surface area contributed by atoms with Crippen molar-refractivity contribution >= 4 is 6.21 Å². The van der Waals surface area contributed by atoms with Crippen LogP contribution >= 0.6 is 0 Å². The van der Waals surface area contributed by atoms with Crippen LogP contribution in [0.5, 0.6) is 5.75 Å². The van der Waals surface area contributed by atoms with Crippen LogP contribution in [0.1, 0.15) is 16.7 Å². The molecular weight excluding hydrogens is 324 g/mol. The minimum Gasteiger partial charge on any atom is -0.357 e. The van der Waals surface area contributed by atoms with Crippen LogP contribution in [0, 0.1) is 0 Å². The molecule has 2 aromatic carbocycles. The van der Waals surface area contributed by atoms with E-state index in [-0.39, 0.29) is 11.3 Å². The summed E-state index contributed by atoms with van der Waals surface area (Å²) in [7, 11) is 0. The predicted octanol–water partition coefficient (Wildman–Crippen LogP) is 5.14. The Morgan fingerprint density at radius 2 is 1.52 bits per heavy atom. The number of oxime groups is 1. The maximum Gasteiger partial charge on any atom is 0.417 e. The first-order valence-corrected chi connectivity index (χ1v) is 6.22. The highest BCUT2D eigenvalue weighted by Crippen LogP contribution is 2.32. The van der Waals surface area contributed by atoms with Gasteiger partial charge in [-0.2, -0.15) is 26.3 Å². The van der Waals surface area contributed by atoms with Crippen molar-refractivity contribution in [2.75, 3.05) is 0 Å². The molecule has 0 aromatic heterocycles. The van der Waals surface area contributed by atoms with Gasteiger partial charge in [0, 0.05) is 5.56 Å². The van der Waals surface area contributed by atoms with Crippen LogP contribution in [-0.4, -0.2) is 6.21 Å². The summed E-state index contributed by atoms with van der Waals surface area (Å²) in [4.78, 5) is 4.72. The van der Waals surface area contributed by atoms with Crippen molar-refractivity contribution in [2.45, 2.75) is 12.4 Å². The van der Waals surface area contributed by atoms with E-state index in [0.29, 0.717) is 6.07 Å². The van der Waals surface area contributed by atoms with Gasteiger partial charge in [-0.3, -0.25) is 0 Å². The first-order valence-electron chi connectivity index (χ1n) is 6.22. The standard InChI is InChI=1S/C15H9F6NO/c16-14(17,18)11-5-3-6-12(8-11)23-22-9-10-4-1-2-7-13(10)15(19,20)21/h1-9H/b22-9+. The molecule has 0 aliphatic rings. The van der Waals surface area contributed by atoms with Crippen LogP contribution in [0.4, 0.5) is 26.3 Å². The lowest BCUT2D eigenvalue weighted by Gasteiger charge is -2.09. The van der Waals surface area contributed by atoms with Crippen LogP contribution in [-0.2, 0) is 12.4 Å². The van der Waals surface area contributed by atoms with Crippen molar-refractivity contribution in [2.24, 2.45) is 5.16 Å². The molecule has 0 spiro atoms. The quantitative estimate of drug-likeness (QED) is 0.433. The third kappa shape index (κ3) is 4.48. The minimum atomic E-state index is -4.57. The molecule has 2 rings (SSSR count). The Hall–Kier alpha value is -2.51. The molecule has 2 nitrogen and oxygen atoms in total. The van der Waals surface area contributed by atoms with Crippen LogP contribution in [0.2, 0.25) is 0 Å². The lowest BCUT2D eigenvalue weighted by atomic mass is 10.1. The third-order valence-corrected chi connectivity index (χ3v) is 2.78. The molecular formula is C15H9F6NO.